The molecule has 1 amide bonds. The first-order valence-electron chi connectivity index (χ1n) is 13.8. The molecule has 1 heterocycles. The Balaban J connectivity index is 1.22. The van der Waals surface area contributed by atoms with Crippen molar-refractivity contribution in [3.8, 4) is 11.3 Å². The highest BCUT2D eigenvalue weighted by atomic mass is 32.1. The summed E-state index contributed by atoms with van der Waals surface area (Å²) in [6.45, 7) is 5.03. The van der Waals surface area contributed by atoms with Gasteiger partial charge in [-0.1, -0.05) is 67.8 Å². The number of carbonyl (C=O) groups is 2. The first-order valence-corrected chi connectivity index (χ1v) is 14.7. The maximum Gasteiger partial charge on any atom is 0.255 e. The number of thiazole rings is 1. The van der Waals surface area contributed by atoms with Gasteiger partial charge < -0.3 is 10.2 Å². The summed E-state index contributed by atoms with van der Waals surface area (Å²) < 4.78 is 0. The van der Waals surface area contributed by atoms with E-state index in [4.69, 9.17) is 4.98 Å². The number of aromatic nitrogens is 1. The van der Waals surface area contributed by atoms with Crippen LogP contribution in [0, 0.1) is 0 Å². The quantitative estimate of drug-likeness (QED) is 0.218. The molecule has 3 aromatic carbocycles. The van der Waals surface area contributed by atoms with Crippen LogP contribution in [0.25, 0.3) is 11.3 Å². The van der Waals surface area contributed by atoms with E-state index in [1.54, 1.807) is 11.3 Å². The van der Waals surface area contributed by atoms with Gasteiger partial charge in [-0.15, -0.1) is 11.3 Å². The first kappa shape index (κ1) is 26.8. The van der Waals surface area contributed by atoms with Crippen LogP contribution < -0.4 is 10.2 Å². The largest absolute Gasteiger partial charge is 0.341 e. The number of aldehydes is 1. The van der Waals surface area contributed by atoms with E-state index in [-0.39, 0.29) is 11.9 Å². The third kappa shape index (κ3) is 6.63. The van der Waals surface area contributed by atoms with Gasteiger partial charge in [-0.25, -0.2) is 4.98 Å². The molecule has 5 rings (SSSR count). The van der Waals surface area contributed by atoms with Crippen molar-refractivity contribution < 1.29 is 9.59 Å². The molecule has 6 heteroatoms. The number of nitrogens with zero attached hydrogens (tertiary/aromatic N) is 2. The van der Waals surface area contributed by atoms with E-state index in [1.165, 1.54) is 37.7 Å². The van der Waals surface area contributed by atoms with Crippen LogP contribution in [0.15, 0.2) is 78.2 Å². The first-order chi connectivity index (χ1) is 19.0. The normalized spacial score (nSPS) is 13.8. The van der Waals surface area contributed by atoms with Gasteiger partial charge in [0.2, 0.25) is 0 Å². The monoisotopic (exact) mass is 537 g/mol. The van der Waals surface area contributed by atoms with E-state index >= 15 is 0 Å². The van der Waals surface area contributed by atoms with Gasteiger partial charge in [0.05, 0.1) is 5.69 Å². The molecule has 0 unspecified atom stereocenters. The molecule has 5 nitrogen and oxygen atoms in total. The van der Waals surface area contributed by atoms with Crippen molar-refractivity contribution in [2.24, 2.45) is 0 Å². The van der Waals surface area contributed by atoms with Gasteiger partial charge in [0.15, 0.2) is 5.13 Å². The van der Waals surface area contributed by atoms with E-state index in [2.05, 4.69) is 41.6 Å². The summed E-state index contributed by atoms with van der Waals surface area (Å²) in [5.41, 5.74) is 6.52. The van der Waals surface area contributed by atoms with Crippen LogP contribution in [0.2, 0.25) is 0 Å². The fraction of sp³-hybridized carbons (Fsp3) is 0.303. The average Bonchev–Trinajstić information content (AvgIpc) is 3.47. The zero-order valence-corrected chi connectivity index (χ0v) is 23.4. The minimum Gasteiger partial charge on any atom is -0.341 e. The van der Waals surface area contributed by atoms with Gasteiger partial charge in [-0.3, -0.25) is 9.59 Å². The predicted octanol–water partition coefficient (Wildman–Crippen LogP) is 8.34. The Morgan fingerprint density at radius 2 is 1.67 bits per heavy atom. The minimum absolute atomic E-state index is 0.0948. The van der Waals surface area contributed by atoms with Gasteiger partial charge in [-0.2, -0.15) is 0 Å². The molecular weight excluding hydrogens is 502 g/mol. The fourth-order valence-corrected chi connectivity index (χ4v) is 6.14. The Morgan fingerprint density at radius 1 is 0.974 bits per heavy atom. The summed E-state index contributed by atoms with van der Waals surface area (Å²) in [5.74, 6) is 0.542. The molecule has 1 saturated carbocycles. The molecule has 0 radical (unpaired) electrons. The molecule has 0 atom stereocenters. The minimum atomic E-state index is -0.0948. The lowest BCUT2D eigenvalue weighted by Gasteiger charge is -2.26. The molecule has 0 bridgehead atoms. The Kier molecular flexibility index (Phi) is 8.52. The lowest BCUT2D eigenvalue weighted by atomic mass is 9.84. The van der Waals surface area contributed by atoms with Gasteiger partial charge in [0.1, 0.15) is 6.29 Å². The van der Waals surface area contributed by atoms with E-state index in [0.717, 1.165) is 40.5 Å². The maximum atomic E-state index is 12.8. The molecule has 200 valence electrons. The average molecular weight is 538 g/mol. The van der Waals surface area contributed by atoms with Crippen molar-refractivity contribution >= 4 is 34.3 Å². The number of hydrogen-bond acceptors (Lipinski definition) is 5. The Hall–Kier alpha value is -3.77. The number of hydrogen-bond donors (Lipinski definition) is 1. The highest BCUT2D eigenvalue weighted by Crippen LogP contribution is 2.33. The summed E-state index contributed by atoms with van der Waals surface area (Å²) in [6, 6.07) is 23.9. The number of anilines is 2. The van der Waals surface area contributed by atoms with Crippen LogP contribution in [-0.4, -0.2) is 23.2 Å². The Morgan fingerprint density at radius 3 is 2.31 bits per heavy atom. The number of carbonyl (C=O) groups excluding carboxylic acids is 2. The third-order valence-corrected chi connectivity index (χ3v) is 8.40. The smallest absolute Gasteiger partial charge is 0.255 e. The van der Waals surface area contributed by atoms with Crippen LogP contribution in [-0.2, 0) is 6.54 Å². The van der Waals surface area contributed by atoms with E-state index in [9.17, 15) is 9.59 Å². The Bertz CT molecular complexity index is 1390. The van der Waals surface area contributed by atoms with Crippen LogP contribution in [0.3, 0.4) is 0 Å². The second-order valence-corrected chi connectivity index (χ2v) is 11.4. The number of nitrogens with one attached hydrogen (secondary N) is 1. The van der Waals surface area contributed by atoms with Gasteiger partial charge in [-0.05, 0) is 68.0 Å². The summed E-state index contributed by atoms with van der Waals surface area (Å²) >= 11 is 1.62. The topological polar surface area (TPSA) is 62.3 Å². The zero-order chi connectivity index (χ0) is 27.2. The van der Waals surface area contributed by atoms with Gasteiger partial charge >= 0.3 is 0 Å². The highest BCUT2D eigenvalue weighted by molar-refractivity contribution is 7.14. The molecule has 1 aliphatic carbocycles. The lowest BCUT2D eigenvalue weighted by Crippen LogP contribution is -2.30. The summed E-state index contributed by atoms with van der Waals surface area (Å²) in [6.07, 6.45) is 7.32. The summed E-state index contributed by atoms with van der Waals surface area (Å²) in [4.78, 5) is 31.0. The number of amides is 1. The van der Waals surface area contributed by atoms with Crippen molar-refractivity contribution in [1.82, 2.24) is 4.98 Å². The van der Waals surface area contributed by atoms with Gasteiger partial charge in [0.25, 0.3) is 5.91 Å². The predicted molar refractivity (Wildman–Crippen MR) is 161 cm³/mol. The third-order valence-electron chi connectivity index (χ3n) is 7.52. The van der Waals surface area contributed by atoms with Crippen LogP contribution in [0.5, 0.6) is 0 Å². The van der Waals surface area contributed by atoms with Crippen molar-refractivity contribution in [1.29, 1.82) is 0 Å². The second-order valence-electron chi connectivity index (χ2n) is 10.6. The van der Waals surface area contributed by atoms with Gasteiger partial charge in [0, 0.05) is 40.3 Å². The maximum absolute atomic E-state index is 12.8. The molecule has 4 aromatic rings. The Labute approximate surface area is 234 Å². The highest BCUT2D eigenvalue weighted by Gasteiger charge is 2.17. The van der Waals surface area contributed by atoms with Crippen LogP contribution >= 0.6 is 11.3 Å². The van der Waals surface area contributed by atoms with E-state index in [0.29, 0.717) is 17.0 Å². The van der Waals surface area contributed by atoms with Crippen molar-refractivity contribution in [2.45, 2.75) is 64.5 Å². The summed E-state index contributed by atoms with van der Waals surface area (Å²) in [7, 11) is 0. The lowest BCUT2D eigenvalue weighted by molar-refractivity contribution is 0.102. The standard InChI is InChI=1S/C33H35N3O2S/c1-23(2)36(20-24-8-10-25(21-37)11-9-24)33-35-31(22-39-33)28-16-18-30(19-17-28)34-32(38)29-14-12-27(13-15-29)26-6-4-3-5-7-26/h8-19,21-23,26H,3-7,20H2,1-2H3,(H,34,38). The zero-order valence-electron chi connectivity index (χ0n) is 22.6. The van der Waals surface area contributed by atoms with Crippen molar-refractivity contribution in [2.75, 3.05) is 10.2 Å². The molecule has 0 spiro atoms. The van der Waals surface area contributed by atoms with Crippen molar-refractivity contribution in [3.05, 3.63) is 100 Å². The number of rotatable bonds is 9. The molecule has 1 N–H and O–H groups in total. The fourth-order valence-electron chi connectivity index (χ4n) is 5.17. The molecule has 39 heavy (non-hydrogen) atoms. The molecule has 0 saturated heterocycles. The summed E-state index contributed by atoms with van der Waals surface area (Å²) in [5, 5.41) is 6.05. The molecule has 1 fully saturated rings. The SMILES string of the molecule is CC(C)N(Cc1ccc(C=O)cc1)c1nc(-c2ccc(NC(=O)c3ccc(C4CCCCC4)cc3)cc2)cs1. The van der Waals surface area contributed by atoms with E-state index in [1.807, 2.05) is 60.7 Å². The molecule has 1 aromatic heterocycles. The van der Waals surface area contributed by atoms with Crippen LogP contribution in [0.4, 0.5) is 10.8 Å². The van der Waals surface area contributed by atoms with Crippen LogP contribution in [0.1, 0.15) is 83.7 Å². The number of benzene rings is 3. The second kappa shape index (κ2) is 12.4. The van der Waals surface area contributed by atoms with E-state index < -0.39 is 0 Å². The molecular formula is C33H35N3O2S. The molecule has 0 aliphatic heterocycles. The van der Waals surface area contributed by atoms with Crippen molar-refractivity contribution in [3.63, 3.8) is 0 Å². The molecule has 1 aliphatic rings.